The van der Waals surface area contributed by atoms with Crippen LogP contribution in [-0.2, 0) is 11.3 Å². The van der Waals surface area contributed by atoms with E-state index in [0.717, 1.165) is 37.4 Å². The molecule has 3 rings (SSSR count). The Kier molecular flexibility index (Phi) is 6.88. The summed E-state index contributed by atoms with van der Waals surface area (Å²) >= 11 is 0. The topological polar surface area (TPSA) is 48.4 Å². The van der Waals surface area contributed by atoms with Gasteiger partial charge in [-0.25, -0.2) is 0 Å². The van der Waals surface area contributed by atoms with Crippen LogP contribution in [-0.4, -0.2) is 37.0 Å². The number of hydrogen-bond acceptors (Lipinski definition) is 4. The van der Waals surface area contributed by atoms with E-state index in [2.05, 4.69) is 48.3 Å². The van der Waals surface area contributed by atoms with Gasteiger partial charge in [-0.3, -0.25) is 10.3 Å². The van der Waals surface area contributed by atoms with E-state index < -0.39 is 0 Å². The molecular formula is C23H31N3O. The lowest BCUT2D eigenvalue weighted by molar-refractivity contribution is 0.229. The number of likely N-dealkylation sites (tertiary alicyclic amines) is 1. The standard InChI is InChI=1S/C23H31N3O/c1-18(2)20-11-9-19(10-12-20)17-25-22-8-4-3-7-21(22)23(24)27-16-15-26-13-5-6-14-26/h3-4,7-12,18,24-25H,5-6,13-17H2,1-2H3. The lowest BCUT2D eigenvalue weighted by Crippen LogP contribution is -2.25. The fourth-order valence-electron chi connectivity index (χ4n) is 3.41. The van der Waals surface area contributed by atoms with Crippen molar-refractivity contribution in [2.45, 2.75) is 39.2 Å². The molecule has 4 nitrogen and oxygen atoms in total. The molecule has 0 atom stereocenters. The van der Waals surface area contributed by atoms with Crippen LogP contribution >= 0.6 is 0 Å². The van der Waals surface area contributed by atoms with Gasteiger partial charge in [0.05, 0.1) is 5.56 Å². The molecule has 1 saturated heterocycles. The summed E-state index contributed by atoms with van der Waals surface area (Å²) in [5, 5.41) is 11.8. The molecule has 144 valence electrons. The van der Waals surface area contributed by atoms with E-state index >= 15 is 0 Å². The van der Waals surface area contributed by atoms with Crippen molar-refractivity contribution in [3.63, 3.8) is 0 Å². The number of nitrogens with one attached hydrogen (secondary N) is 2. The summed E-state index contributed by atoms with van der Waals surface area (Å²) in [5.74, 6) is 0.790. The molecule has 0 bridgehead atoms. The maximum atomic E-state index is 8.32. The van der Waals surface area contributed by atoms with E-state index in [4.69, 9.17) is 10.1 Å². The Labute approximate surface area is 163 Å². The Morgan fingerprint density at radius 2 is 1.78 bits per heavy atom. The molecule has 1 heterocycles. The summed E-state index contributed by atoms with van der Waals surface area (Å²) in [7, 11) is 0. The van der Waals surface area contributed by atoms with Gasteiger partial charge in [0, 0.05) is 18.8 Å². The summed E-state index contributed by atoms with van der Waals surface area (Å²) < 4.78 is 5.73. The second-order valence-corrected chi connectivity index (χ2v) is 7.52. The number of rotatable bonds is 8. The fraction of sp³-hybridized carbons (Fsp3) is 0.435. The summed E-state index contributed by atoms with van der Waals surface area (Å²) in [6, 6.07) is 16.6. The van der Waals surface area contributed by atoms with Gasteiger partial charge in [0.15, 0.2) is 0 Å². The smallest absolute Gasteiger partial charge is 0.215 e. The zero-order chi connectivity index (χ0) is 19.1. The lowest BCUT2D eigenvalue weighted by Gasteiger charge is -2.17. The van der Waals surface area contributed by atoms with Gasteiger partial charge in [-0.1, -0.05) is 50.2 Å². The third kappa shape index (κ3) is 5.57. The van der Waals surface area contributed by atoms with Crippen molar-refractivity contribution in [1.82, 2.24) is 4.90 Å². The fourth-order valence-corrected chi connectivity index (χ4v) is 3.41. The highest BCUT2D eigenvalue weighted by molar-refractivity contribution is 5.97. The van der Waals surface area contributed by atoms with Gasteiger partial charge in [0.1, 0.15) is 6.61 Å². The van der Waals surface area contributed by atoms with Crippen LogP contribution in [0.1, 0.15) is 49.3 Å². The minimum absolute atomic E-state index is 0.243. The third-order valence-corrected chi connectivity index (χ3v) is 5.15. The Bertz CT molecular complexity index is 734. The predicted molar refractivity (Wildman–Crippen MR) is 113 cm³/mol. The van der Waals surface area contributed by atoms with E-state index in [9.17, 15) is 0 Å². The molecule has 2 aromatic carbocycles. The van der Waals surface area contributed by atoms with Crippen molar-refractivity contribution in [2.24, 2.45) is 0 Å². The highest BCUT2D eigenvalue weighted by Crippen LogP contribution is 2.19. The predicted octanol–water partition coefficient (Wildman–Crippen LogP) is 4.86. The van der Waals surface area contributed by atoms with E-state index in [1.807, 2.05) is 24.3 Å². The first-order chi connectivity index (χ1) is 13.1. The van der Waals surface area contributed by atoms with Crippen LogP contribution in [0.2, 0.25) is 0 Å². The molecule has 27 heavy (non-hydrogen) atoms. The second-order valence-electron chi connectivity index (χ2n) is 7.52. The first kappa shape index (κ1) is 19.4. The minimum Gasteiger partial charge on any atom is -0.476 e. The molecule has 0 aromatic heterocycles. The van der Waals surface area contributed by atoms with Crippen molar-refractivity contribution in [3.05, 3.63) is 65.2 Å². The molecule has 0 unspecified atom stereocenters. The third-order valence-electron chi connectivity index (χ3n) is 5.15. The van der Waals surface area contributed by atoms with Crippen molar-refractivity contribution in [1.29, 1.82) is 5.41 Å². The highest BCUT2D eigenvalue weighted by atomic mass is 16.5. The SMILES string of the molecule is CC(C)c1ccc(CNc2ccccc2C(=N)OCCN2CCCC2)cc1. The average molecular weight is 366 g/mol. The van der Waals surface area contributed by atoms with E-state index in [0.29, 0.717) is 12.5 Å². The highest BCUT2D eigenvalue weighted by Gasteiger charge is 2.13. The van der Waals surface area contributed by atoms with Crippen molar-refractivity contribution >= 4 is 11.6 Å². The largest absolute Gasteiger partial charge is 0.476 e. The maximum Gasteiger partial charge on any atom is 0.215 e. The number of ether oxygens (including phenoxy) is 1. The zero-order valence-electron chi connectivity index (χ0n) is 16.5. The lowest BCUT2D eigenvalue weighted by atomic mass is 10.0. The second kappa shape index (κ2) is 9.56. The molecule has 1 fully saturated rings. The van der Waals surface area contributed by atoms with Crippen LogP contribution in [0.4, 0.5) is 5.69 Å². The Morgan fingerprint density at radius 3 is 2.48 bits per heavy atom. The van der Waals surface area contributed by atoms with Crippen molar-refractivity contribution in [2.75, 3.05) is 31.6 Å². The molecule has 0 saturated carbocycles. The van der Waals surface area contributed by atoms with Crippen molar-refractivity contribution < 1.29 is 4.74 Å². The molecular weight excluding hydrogens is 334 g/mol. The molecule has 0 aliphatic carbocycles. The van der Waals surface area contributed by atoms with Gasteiger partial charge in [-0.2, -0.15) is 0 Å². The van der Waals surface area contributed by atoms with Gasteiger partial charge in [-0.15, -0.1) is 0 Å². The number of nitrogens with zero attached hydrogens (tertiary/aromatic N) is 1. The van der Waals surface area contributed by atoms with Crippen LogP contribution < -0.4 is 5.32 Å². The van der Waals surface area contributed by atoms with Crippen LogP contribution in [0.5, 0.6) is 0 Å². The summed E-state index contributed by atoms with van der Waals surface area (Å²) in [6.45, 7) is 8.94. The quantitative estimate of drug-likeness (QED) is 0.519. The zero-order valence-corrected chi connectivity index (χ0v) is 16.5. The van der Waals surface area contributed by atoms with Gasteiger partial charge >= 0.3 is 0 Å². The van der Waals surface area contributed by atoms with Gasteiger partial charge < -0.3 is 10.1 Å². The maximum absolute atomic E-state index is 8.32. The van der Waals surface area contributed by atoms with E-state index in [-0.39, 0.29) is 5.90 Å². The molecule has 2 aromatic rings. The van der Waals surface area contributed by atoms with Crippen LogP contribution in [0.3, 0.4) is 0 Å². The monoisotopic (exact) mass is 365 g/mol. The molecule has 0 radical (unpaired) electrons. The van der Waals surface area contributed by atoms with Gasteiger partial charge in [0.25, 0.3) is 0 Å². The molecule has 1 aliphatic rings. The first-order valence-electron chi connectivity index (χ1n) is 9.99. The Morgan fingerprint density at radius 1 is 1.07 bits per heavy atom. The van der Waals surface area contributed by atoms with E-state index in [1.54, 1.807) is 0 Å². The number of hydrogen-bond donors (Lipinski definition) is 2. The van der Waals surface area contributed by atoms with E-state index in [1.165, 1.54) is 24.0 Å². The molecule has 2 N–H and O–H groups in total. The average Bonchev–Trinajstić information content (AvgIpc) is 3.20. The first-order valence-corrected chi connectivity index (χ1v) is 9.99. The molecule has 1 aliphatic heterocycles. The Balaban J connectivity index is 1.55. The molecule has 0 spiro atoms. The van der Waals surface area contributed by atoms with Crippen LogP contribution in [0.15, 0.2) is 48.5 Å². The summed E-state index contributed by atoms with van der Waals surface area (Å²) in [5.41, 5.74) is 4.34. The van der Waals surface area contributed by atoms with Gasteiger partial charge in [-0.05, 0) is 55.1 Å². The molecule has 0 amide bonds. The summed E-state index contributed by atoms with van der Waals surface area (Å²) in [4.78, 5) is 2.40. The van der Waals surface area contributed by atoms with Crippen molar-refractivity contribution in [3.8, 4) is 0 Å². The number of anilines is 1. The number of benzene rings is 2. The molecule has 4 heteroatoms. The summed E-state index contributed by atoms with van der Waals surface area (Å²) in [6.07, 6.45) is 2.56. The minimum atomic E-state index is 0.243. The van der Waals surface area contributed by atoms with Crippen LogP contribution in [0, 0.1) is 5.41 Å². The Hall–Kier alpha value is -2.33. The van der Waals surface area contributed by atoms with Gasteiger partial charge in [0.2, 0.25) is 5.90 Å². The number of para-hydroxylation sites is 1. The van der Waals surface area contributed by atoms with Crippen LogP contribution in [0.25, 0.3) is 0 Å². The normalized spacial score (nSPS) is 14.5.